The summed E-state index contributed by atoms with van der Waals surface area (Å²) in [6.07, 6.45) is 9.16. The van der Waals surface area contributed by atoms with Crippen LogP contribution in [0.3, 0.4) is 0 Å². The number of fused-ring (bicyclic) bond motifs is 3. The zero-order valence-corrected chi connectivity index (χ0v) is 19.2. The van der Waals surface area contributed by atoms with E-state index in [1.807, 2.05) is 26.1 Å². The van der Waals surface area contributed by atoms with Crippen LogP contribution in [0.15, 0.2) is 64.0 Å². The molecular formula is C26H29N7. The van der Waals surface area contributed by atoms with Gasteiger partial charge in [-0.1, -0.05) is 30.7 Å². The number of hydrogen-bond acceptors (Lipinski definition) is 5. The monoisotopic (exact) mass is 439 g/mol. The summed E-state index contributed by atoms with van der Waals surface area (Å²) in [6, 6.07) is 13.2. The minimum atomic E-state index is 0.142. The second-order valence-electron chi connectivity index (χ2n) is 8.94. The molecule has 1 N–H and O–H groups in total. The molecule has 3 aromatic heterocycles. The van der Waals surface area contributed by atoms with Crippen molar-refractivity contribution in [2.24, 2.45) is 15.2 Å². The Morgan fingerprint density at radius 2 is 1.79 bits per heavy atom. The molecule has 0 aliphatic carbocycles. The maximum atomic E-state index is 4.67. The van der Waals surface area contributed by atoms with Gasteiger partial charge in [0.05, 0.1) is 17.8 Å². The summed E-state index contributed by atoms with van der Waals surface area (Å²) < 4.78 is 0. The van der Waals surface area contributed by atoms with E-state index in [4.69, 9.17) is 0 Å². The first-order valence-electron chi connectivity index (χ1n) is 11.7. The van der Waals surface area contributed by atoms with Crippen molar-refractivity contribution >= 4 is 34.1 Å². The Labute approximate surface area is 193 Å². The first-order chi connectivity index (χ1) is 16.2. The third-order valence-electron chi connectivity index (χ3n) is 6.00. The molecule has 1 aromatic carbocycles. The molecule has 1 saturated heterocycles. The topological polar surface area (TPSA) is 81.9 Å². The molecule has 1 aliphatic heterocycles. The van der Waals surface area contributed by atoms with Crippen LogP contribution in [0.5, 0.6) is 0 Å². The Balaban J connectivity index is 1.40. The van der Waals surface area contributed by atoms with E-state index in [1.54, 1.807) is 6.20 Å². The number of hydrogen-bond donors (Lipinski definition) is 1. The van der Waals surface area contributed by atoms with Gasteiger partial charge in [-0.05, 0) is 63.0 Å². The van der Waals surface area contributed by atoms with Gasteiger partial charge in [0.2, 0.25) is 0 Å². The van der Waals surface area contributed by atoms with Gasteiger partial charge in [0.15, 0.2) is 5.82 Å². The molecular weight excluding hydrogens is 410 g/mol. The van der Waals surface area contributed by atoms with E-state index in [1.165, 1.54) is 49.8 Å². The van der Waals surface area contributed by atoms with E-state index >= 15 is 0 Å². The van der Waals surface area contributed by atoms with Crippen molar-refractivity contribution in [3.05, 3.63) is 54.4 Å². The number of likely N-dealkylation sites (tertiary alicyclic amines) is 1. The van der Waals surface area contributed by atoms with Crippen molar-refractivity contribution in [1.82, 2.24) is 19.9 Å². The van der Waals surface area contributed by atoms with Gasteiger partial charge < -0.3 is 4.98 Å². The predicted molar refractivity (Wildman–Crippen MR) is 134 cm³/mol. The summed E-state index contributed by atoms with van der Waals surface area (Å²) >= 11 is 0. The fourth-order valence-electron chi connectivity index (χ4n) is 4.32. The maximum Gasteiger partial charge on any atom is 0.154 e. The Bertz CT molecular complexity index is 1300. The summed E-state index contributed by atoms with van der Waals surface area (Å²) in [4.78, 5) is 19.3. The fraction of sp³-hybridized carbons (Fsp3) is 0.346. The van der Waals surface area contributed by atoms with Gasteiger partial charge in [0.25, 0.3) is 0 Å². The van der Waals surface area contributed by atoms with Gasteiger partial charge in [-0.3, -0.25) is 4.90 Å². The number of aliphatic imine (C=N–C) groups is 1. The molecule has 7 heteroatoms. The largest absolute Gasteiger partial charge is 0.338 e. The molecule has 0 radical (unpaired) electrons. The molecule has 1 fully saturated rings. The number of piperidine rings is 1. The van der Waals surface area contributed by atoms with Crippen LogP contribution in [0.2, 0.25) is 0 Å². The standard InChI is InChI=1S/C26H29N7/c1-18(2)32-30-17-29-25-13-22-23-12-21(14-28-26(23)31-24(22)15-27-25)20-8-6-19(7-9-20)16-33-10-4-3-5-11-33/h6-9,12-15,17-18H,3-5,10-11,16H2,1-2H3,(H,28,31)/b29-17+,32-30-. The molecule has 168 valence electrons. The molecule has 0 atom stereocenters. The highest BCUT2D eigenvalue weighted by Gasteiger charge is 2.11. The Hall–Kier alpha value is -3.45. The van der Waals surface area contributed by atoms with E-state index in [-0.39, 0.29) is 6.04 Å². The van der Waals surface area contributed by atoms with E-state index in [0.717, 1.165) is 34.0 Å². The van der Waals surface area contributed by atoms with Crippen molar-refractivity contribution in [1.29, 1.82) is 0 Å². The zero-order chi connectivity index (χ0) is 22.6. The lowest BCUT2D eigenvalue weighted by molar-refractivity contribution is 0.221. The highest BCUT2D eigenvalue weighted by molar-refractivity contribution is 6.07. The number of aromatic amines is 1. The smallest absolute Gasteiger partial charge is 0.154 e. The second-order valence-corrected chi connectivity index (χ2v) is 8.94. The number of benzene rings is 1. The summed E-state index contributed by atoms with van der Waals surface area (Å²) in [7, 11) is 0. The molecule has 0 unspecified atom stereocenters. The van der Waals surface area contributed by atoms with Gasteiger partial charge in [-0.25, -0.2) is 15.0 Å². The van der Waals surface area contributed by atoms with Crippen molar-refractivity contribution in [3.8, 4) is 11.1 Å². The van der Waals surface area contributed by atoms with Crippen LogP contribution in [-0.2, 0) is 6.54 Å². The number of azo groups is 1. The lowest BCUT2D eigenvalue weighted by Crippen LogP contribution is -2.28. The number of rotatable bonds is 6. The molecule has 7 nitrogen and oxygen atoms in total. The van der Waals surface area contributed by atoms with Gasteiger partial charge in [-0.15, -0.1) is 5.11 Å². The molecule has 4 heterocycles. The van der Waals surface area contributed by atoms with E-state index in [9.17, 15) is 0 Å². The van der Waals surface area contributed by atoms with Gasteiger partial charge in [-0.2, -0.15) is 5.11 Å². The van der Waals surface area contributed by atoms with Gasteiger partial charge in [0, 0.05) is 29.1 Å². The highest BCUT2D eigenvalue weighted by atomic mass is 15.1. The number of nitrogens with zero attached hydrogens (tertiary/aromatic N) is 6. The van der Waals surface area contributed by atoms with Crippen LogP contribution in [0, 0.1) is 0 Å². The van der Waals surface area contributed by atoms with E-state index < -0.39 is 0 Å². The maximum absolute atomic E-state index is 4.67. The van der Waals surface area contributed by atoms with E-state index in [0.29, 0.717) is 5.82 Å². The van der Waals surface area contributed by atoms with Crippen molar-refractivity contribution < 1.29 is 0 Å². The molecule has 1 aliphatic rings. The minimum absolute atomic E-state index is 0.142. The number of pyridine rings is 2. The lowest BCUT2D eigenvalue weighted by Gasteiger charge is -2.26. The normalized spacial score (nSPS) is 15.6. The first kappa shape index (κ1) is 21.4. The quantitative estimate of drug-likeness (QED) is 0.218. The average Bonchev–Trinajstić information content (AvgIpc) is 3.20. The van der Waals surface area contributed by atoms with E-state index in [2.05, 4.69) is 65.4 Å². The lowest BCUT2D eigenvalue weighted by atomic mass is 10.0. The summed E-state index contributed by atoms with van der Waals surface area (Å²) in [5.41, 5.74) is 5.42. The summed E-state index contributed by atoms with van der Waals surface area (Å²) in [5, 5.41) is 10.1. The Morgan fingerprint density at radius 1 is 0.970 bits per heavy atom. The van der Waals surface area contributed by atoms with Crippen molar-refractivity contribution in [3.63, 3.8) is 0 Å². The molecule has 0 bridgehead atoms. The van der Waals surface area contributed by atoms with Crippen molar-refractivity contribution in [2.45, 2.75) is 45.7 Å². The third-order valence-corrected chi connectivity index (χ3v) is 6.00. The fourth-order valence-corrected chi connectivity index (χ4v) is 4.32. The highest BCUT2D eigenvalue weighted by Crippen LogP contribution is 2.30. The number of H-pyrrole nitrogens is 1. The van der Waals surface area contributed by atoms with Crippen LogP contribution in [0.25, 0.3) is 33.1 Å². The molecule has 0 spiro atoms. The SMILES string of the molecule is CC(C)/N=N\C=N\c1cc2c(cn1)[nH]c1ncc(-c3ccc(CN4CCCCC4)cc3)cc12. The molecule has 0 amide bonds. The number of nitrogens with one attached hydrogen (secondary N) is 1. The van der Waals surface area contributed by atoms with Gasteiger partial charge >= 0.3 is 0 Å². The van der Waals surface area contributed by atoms with Crippen LogP contribution in [-0.4, -0.2) is 45.3 Å². The zero-order valence-electron chi connectivity index (χ0n) is 19.2. The summed E-state index contributed by atoms with van der Waals surface area (Å²) in [5.74, 6) is 0.596. The first-order valence-corrected chi connectivity index (χ1v) is 11.7. The minimum Gasteiger partial charge on any atom is -0.338 e. The Morgan fingerprint density at radius 3 is 2.58 bits per heavy atom. The molecule has 5 rings (SSSR count). The van der Waals surface area contributed by atoms with Crippen molar-refractivity contribution in [2.75, 3.05) is 13.1 Å². The van der Waals surface area contributed by atoms with Crippen LogP contribution in [0.4, 0.5) is 5.82 Å². The third kappa shape index (κ3) is 4.98. The molecule has 4 aromatic rings. The summed E-state index contributed by atoms with van der Waals surface area (Å²) in [6.45, 7) is 7.41. The predicted octanol–water partition coefficient (Wildman–Crippen LogP) is 6.28. The molecule has 33 heavy (non-hydrogen) atoms. The number of aromatic nitrogens is 3. The van der Waals surface area contributed by atoms with Crippen LogP contribution >= 0.6 is 0 Å². The molecule has 0 saturated carbocycles. The van der Waals surface area contributed by atoms with Gasteiger partial charge in [0.1, 0.15) is 12.0 Å². The van der Waals surface area contributed by atoms with Crippen LogP contribution < -0.4 is 0 Å². The second kappa shape index (κ2) is 9.58. The Kier molecular flexibility index (Phi) is 6.21. The average molecular weight is 440 g/mol. The van der Waals surface area contributed by atoms with Crippen LogP contribution in [0.1, 0.15) is 38.7 Å².